The summed E-state index contributed by atoms with van der Waals surface area (Å²) >= 11 is 0. The Morgan fingerprint density at radius 3 is 2.52 bits per heavy atom. The molecule has 0 radical (unpaired) electrons. The average Bonchev–Trinajstić information content (AvgIpc) is 2.49. The third-order valence-corrected chi connectivity index (χ3v) is 4.02. The standard InChI is InChI=1S/C14H16N4O4S/c15-23(21,22)12-3-1-11(2-4-12)5-8-17-13(19)9-18-10-16-7-6-14(18)20/h1-4,6-7,10H,5,8-9H2,(H,17,19)(H2,15,21,22). The van der Waals surface area contributed by atoms with Gasteiger partial charge in [0, 0.05) is 18.8 Å². The summed E-state index contributed by atoms with van der Waals surface area (Å²) in [5, 5.41) is 7.70. The minimum absolute atomic E-state index is 0.0428. The Kier molecular flexibility index (Phi) is 5.24. The largest absolute Gasteiger partial charge is 0.354 e. The first-order chi connectivity index (χ1) is 10.9. The number of nitrogens with zero attached hydrogens (tertiary/aromatic N) is 2. The van der Waals surface area contributed by atoms with Crippen molar-refractivity contribution in [2.24, 2.45) is 5.14 Å². The van der Waals surface area contributed by atoms with Crippen molar-refractivity contribution in [1.29, 1.82) is 0 Å². The summed E-state index contributed by atoms with van der Waals surface area (Å²) in [6, 6.07) is 7.39. The van der Waals surface area contributed by atoms with Crippen molar-refractivity contribution in [2.75, 3.05) is 6.54 Å². The Hall–Kier alpha value is -2.52. The van der Waals surface area contributed by atoms with Gasteiger partial charge in [-0.3, -0.25) is 14.2 Å². The molecule has 2 aromatic rings. The third kappa shape index (κ3) is 5.01. The SMILES string of the molecule is NS(=O)(=O)c1ccc(CCNC(=O)Cn2cnccc2=O)cc1. The molecule has 1 aromatic heterocycles. The molecule has 2 rings (SSSR count). The van der Waals surface area contributed by atoms with Gasteiger partial charge in [0.2, 0.25) is 15.9 Å². The van der Waals surface area contributed by atoms with Gasteiger partial charge in [-0.1, -0.05) is 12.1 Å². The first kappa shape index (κ1) is 16.8. The Bertz CT molecular complexity index is 844. The molecule has 1 amide bonds. The fourth-order valence-electron chi connectivity index (χ4n) is 1.90. The normalized spacial score (nSPS) is 11.2. The molecule has 9 heteroatoms. The van der Waals surface area contributed by atoms with E-state index in [9.17, 15) is 18.0 Å². The fraction of sp³-hybridized carbons (Fsp3) is 0.214. The number of rotatable bonds is 6. The molecule has 0 spiro atoms. The van der Waals surface area contributed by atoms with E-state index in [4.69, 9.17) is 5.14 Å². The minimum atomic E-state index is -3.70. The second-order valence-electron chi connectivity index (χ2n) is 4.84. The second kappa shape index (κ2) is 7.16. The van der Waals surface area contributed by atoms with Crippen molar-refractivity contribution in [2.45, 2.75) is 17.9 Å². The van der Waals surface area contributed by atoms with Crippen LogP contribution >= 0.6 is 0 Å². The van der Waals surface area contributed by atoms with Crippen LogP contribution in [0.2, 0.25) is 0 Å². The molecule has 1 aromatic carbocycles. The molecule has 0 saturated heterocycles. The van der Waals surface area contributed by atoms with Crippen molar-refractivity contribution in [1.82, 2.24) is 14.9 Å². The number of benzene rings is 1. The Labute approximate surface area is 133 Å². The molecule has 0 bridgehead atoms. The van der Waals surface area contributed by atoms with Gasteiger partial charge in [0.25, 0.3) is 5.56 Å². The quantitative estimate of drug-likeness (QED) is 0.718. The first-order valence-corrected chi connectivity index (χ1v) is 8.30. The number of hydrogen-bond acceptors (Lipinski definition) is 5. The maximum Gasteiger partial charge on any atom is 0.253 e. The van der Waals surface area contributed by atoms with Crippen LogP contribution in [0.4, 0.5) is 0 Å². The van der Waals surface area contributed by atoms with Crippen LogP contribution in [0.25, 0.3) is 0 Å². The van der Waals surface area contributed by atoms with Crippen molar-refractivity contribution in [3.05, 3.63) is 58.8 Å². The molecule has 0 saturated carbocycles. The lowest BCUT2D eigenvalue weighted by molar-refractivity contribution is -0.121. The van der Waals surface area contributed by atoms with Gasteiger partial charge in [0.05, 0.1) is 11.2 Å². The molecule has 0 aliphatic carbocycles. The van der Waals surface area contributed by atoms with E-state index in [0.717, 1.165) is 5.56 Å². The Morgan fingerprint density at radius 1 is 1.22 bits per heavy atom. The number of nitrogens with two attached hydrogens (primary N) is 1. The molecule has 0 atom stereocenters. The smallest absolute Gasteiger partial charge is 0.253 e. The van der Waals surface area contributed by atoms with E-state index in [1.54, 1.807) is 12.1 Å². The molecular formula is C14H16N4O4S. The number of amides is 1. The van der Waals surface area contributed by atoms with Gasteiger partial charge in [-0.05, 0) is 24.1 Å². The molecular weight excluding hydrogens is 320 g/mol. The molecule has 8 nitrogen and oxygen atoms in total. The van der Waals surface area contributed by atoms with Gasteiger partial charge in [-0.15, -0.1) is 0 Å². The number of carbonyl (C=O) groups is 1. The summed E-state index contributed by atoms with van der Waals surface area (Å²) in [7, 11) is -3.70. The molecule has 0 unspecified atom stereocenters. The molecule has 3 N–H and O–H groups in total. The van der Waals surface area contributed by atoms with Gasteiger partial charge >= 0.3 is 0 Å². The second-order valence-corrected chi connectivity index (χ2v) is 6.40. The molecule has 0 aliphatic heterocycles. The topological polar surface area (TPSA) is 124 Å². The lowest BCUT2D eigenvalue weighted by Gasteiger charge is -2.07. The van der Waals surface area contributed by atoms with E-state index in [2.05, 4.69) is 10.3 Å². The fourth-order valence-corrected chi connectivity index (χ4v) is 2.42. The van der Waals surface area contributed by atoms with Crippen molar-refractivity contribution in [3.8, 4) is 0 Å². The molecule has 23 heavy (non-hydrogen) atoms. The molecule has 0 aliphatic rings. The summed E-state index contributed by atoms with van der Waals surface area (Å²) in [5.74, 6) is -0.304. The zero-order chi connectivity index (χ0) is 16.9. The number of hydrogen-bond donors (Lipinski definition) is 2. The van der Waals surface area contributed by atoms with Crippen LogP contribution in [0.5, 0.6) is 0 Å². The van der Waals surface area contributed by atoms with E-state index in [1.165, 1.54) is 35.3 Å². The summed E-state index contributed by atoms with van der Waals surface area (Å²) in [5.41, 5.74) is 0.560. The summed E-state index contributed by atoms with van der Waals surface area (Å²) in [4.78, 5) is 27.0. The number of nitrogens with one attached hydrogen (secondary N) is 1. The zero-order valence-electron chi connectivity index (χ0n) is 12.2. The van der Waals surface area contributed by atoms with E-state index in [0.29, 0.717) is 13.0 Å². The third-order valence-electron chi connectivity index (χ3n) is 3.09. The van der Waals surface area contributed by atoms with Gasteiger partial charge in [0.1, 0.15) is 6.54 Å². The van der Waals surface area contributed by atoms with Gasteiger partial charge in [-0.25, -0.2) is 18.5 Å². The monoisotopic (exact) mass is 336 g/mol. The van der Waals surface area contributed by atoms with Crippen LogP contribution in [0, 0.1) is 0 Å². The maximum absolute atomic E-state index is 11.7. The molecule has 122 valence electrons. The molecule has 0 fully saturated rings. The van der Waals surface area contributed by atoms with Crippen molar-refractivity contribution in [3.63, 3.8) is 0 Å². The van der Waals surface area contributed by atoms with Crippen LogP contribution < -0.4 is 16.0 Å². The predicted molar refractivity (Wildman–Crippen MR) is 83.0 cm³/mol. The highest BCUT2D eigenvalue weighted by molar-refractivity contribution is 7.89. The predicted octanol–water partition coefficient (Wildman–Crippen LogP) is -0.750. The van der Waals surface area contributed by atoms with Gasteiger partial charge < -0.3 is 5.32 Å². The van der Waals surface area contributed by atoms with E-state index >= 15 is 0 Å². The van der Waals surface area contributed by atoms with Crippen LogP contribution in [0.3, 0.4) is 0 Å². The summed E-state index contributed by atoms with van der Waals surface area (Å²) in [6.45, 7) is 0.263. The lowest BCUT2D eigenvalue weighted by atomic mass is 10.1. The lowest BCUT2D eigenvalue weighted by Crippen LogP contribution is -2.33. The van der Waals surface area contributed by atoms with E-state index < -0.39 is 10.0 Å². The van der Waals surface area contributed by atoms with Gasteiger partial charge in [-0.2, -0.15) is 0 Å². The summed E-state index contributed by atoms with van der Waals surface area (Å²) in [6.07, 6.45) is 3.19. The van der Waals surface area contributed by atoms with Crippen LogP contribution in [-0.4, -0.2) is 30.4 Å². The highest BCUT2D eigenvalue weighted by Gasteiger charge is 2.07. The minimum Gasteiger partial charge on any atom is -0.354 e. The zero-order valence-corrected chi connectivity index (χ0v) is 13.0. The van der Waals surface area contributed by atoms with Crippen molar-refractivity contribution >= 4 is 15.9 Å². The van der Waals surface area contributed by atoms with E-state index in [-0.39, 0.29) is 22.9 Å². The average molecular weight is 336 g/mol. The van der Waals surface area contributed by atoms with Crippen LogP contribution in [0.1, 0.15) is 5.56 Å². The highest BCUT2D eigenvalue weighted by atomic mass is 32.2. The maximum atomic E-state index is 11.7. The van der Waals surface area contributed by atoms with Crippen LogP contribution in [0.15, 0.2) is 52.5 Å². The van der Waals surface area contributed by atoms with Crippen molar-refractivity contribution < 1.29 is 13.2 Å². The number of carbonyl (C=O) groups excluding carboxylic acids is 1. The van der Waals surface area contributed by atoms with Gasteiger partial charge in [0.15, 0.2) is 0 Å². The number of primary sulfonamides is 1. The highest BCUT2D eigenvalue weighted by Crippen LogP contribution is 2.08. The first-order valence-electron chi connectivity index (χ1n) is 6.75. The molecule has 1 heterocycles. The Balaban J connectivity index is 1.84. The summed E-state index contributed by atoms with van der Waals surface area (Å²) < 4.78 is 23.5. The van der Waals surface area contributed by atoms with Crippen LogP contribution in [-0.2, 0) is 27.8 Å². The number of sulfonamides is 1. The Morgan fingerprint density at radius 2 is 1.91 bits per heavy atom. The van der Waals surface area contributed by atoms with E-state index in [1.807, 2.05) is 0 Å². The number of aromatic nitrogens is 2.